The van der Waals surface area contributed by atoms with E-state index in [9.17, 15) is 48.3 Å². The van der Waals surface area contributed by atoms with Gasteiger partial charge < -0.3 is 68.0 Å². The zero-order valence-electron chi connectivity index (χ0n) is 76.1. The molecule has 7 amide bonds. The van der Waals surface area contributed by atoms with E-state index in [1.807, 2.05) is 192 Å². The number of benzene rings is 9. The second-order valence-electron chi connectivity index (χ2n) is 30.8. The van der Waals surface area contributed by atoms with Crippen LogP contribution in [0.3, 0.4) is 0 Å². The Labute approximate surface area is 801 Å². The highest BCUT2D eigenvalue weighted by molar-refractivity contribution is 9.08. The van der Waals surface area contributed by atoms with Crippen LogP contribution in [0.15, 0.2) is 218 Å². The summed E-state index contributed by atoms with van der Waals surface area (Å²) >= 11 is 12.6. The van der Waals surface area contributed by atoms with Crippen molar-refractivity contribution < 1.29 is 62.5 Å². The third-order valence-electron chi connectivity index (χ3n) is 20.7. The van der Waals surface area contributed by atoms with E-state index in [2.05, 4.69) is 161 Å². The molecule has 0 aromatic heterocycles. The molecule has 698 valence electrons. The number of thioether (sulfide) groups is 6. The fourth-order valence-corrected chi connectivity index (χ4v) is 16.3. The van der Waals surface area contributed by atoms with Crippen LogP contribution in [0.4, 0.5) is 9.59 Å². The summed E-state index contributed by atoms with van der Waals surface area (Å²) in [7, 11) is 0. The number of cyclic esters (lactones) is 1. The molecule has 1 aliphatic heterocycles. The molecule has 2 aliphatic carbocycles. The molecule has 30 heteroatoms. The molecule has 1 fully saturated rings. The van der Waals surface area contributed by atoms with Gasteiger partial charge in [-0.05, 0) is 193 Å². The van der Waals surface area contributed by atoms with Crippen molar-refractivity contribution in [3.05, 3.63) is 296 Å². The number of nitrogens with one attached hydrogen (secondary N) is 8. The monoisotopic (exact) mass is 1950 g/mol. The number of amides is 7. The van der Waals surface area contributed by atoms with Crippen molar-refractivity contribution in [2.45, 2.75) is 141 Å². The average Bonchev–Trinajstić information content (AvgIpc) is 1.62. The van der Waals surface area contributed by atoms with E-state index in [0.29, 0.717) is 75.7 Å². The minimum atomic E-state index is -1.05. The molecule has 1 saturated heterocycles. The molecule has 9 aromatic carbocycles. The van der Waals surface area contributed by atoms with E-state index < -0.39 is 48.4 Å². The molecular weight excluding hydrogens is 1820 g/mol. The lowest BCUT2D eigenvalue weighted by Gasteiger charge is -2.19. The number of aliphatic carboxylic acids is 1. The molecule has 5 atom stereocenters. The number of alkyl carbamates (subject to hydrolysis) is 2. The van der Waals surface area contributed by atoms with E-state index >= 15 is 0 Å². The molecule has 13 N–H and O–H groups in total. The third kappa shape index (κ3) is 39.8. The lowest BCUT2D eigenvalue weighted by atomic mass is 9.98. The Bertz CT molecular complexity index is 4860. The zero-order valence-corrected chi connectivity index (χ0v) is 82.6. The fourth-order valence-electron chi connectivity index (χ4n) is 13.4. The van der Waals surface area contributed by atoms with Gasteiger partial charge in [-0.25, -0.2) is 19.2 Å². The highest BCUT2D eigenvalue weighted by Crippen LogP contribution is 2.46. The van der Waals surface area contributed by atoms with Crippen LogP contribution in [0.25, 0.3) is 22.3 Å². The maximum Gasteiger partial charge on any atom is 0.407 e. The van der Waals surface area contributed by atoms with Crippen LogP contribution in [0.1, 0.15) is 122 Å². The number of aryl methyl sites for hydroxylation is 5. The van der Waals surface area contributed by atoms with Crippen molar-refractivity contribution >= 4 is 140 Å². The molecule has 130 heavy (non-hydrogen) atoms. The molecular formula is C100H127BrN10O13S6. The fraction of sp³-hybridized carbons (Fsp3) is 0.370. The molecule has 5 unspecified atom stereocenters. The predicted octanol–water partition coefficient (Wildman–Crippen LogP) is 16.5. The van der Waals surface area contributed by atoms with Gasteiger partial charge in [0.1, 0.15) is 37.4 Å². The van der Waals surface area contributed by atoms with E-state index in [1.165, 1.54) is 85.4 Å². The Morgan fingerprint density at radius 2 is 0.731 bits per heavy atom. The highest BCUT2D eigenvalue weighted by atomic mass is 79.9. The minimum absolute atomic E-state index is 0.0156. The third-order valence-corrected chi connectivity index (χ3v) is 24.6. The van der Waals surface area contributed by atoms with Gasteiger partial charge in [-0.15, -0.1) is 0 Å². The first kappa shape index (κ1) is 109. The van der Waals surface area contributed by atoms with Crippen molar-refractivity contribution in [2.75, 3.05) is 91.9 Å². The molecule has 1 heterocycles. The summed E-state index contributed by atoms with van der Waals surface area (Å²) in [6.07, 6.45) is 13.2. The predicted molar refractivity (Wildman–Crippen MR) is 543 cm³/mol. The summed E-state index contributed by atoms with van der Waals surface area (Å²) in [5.41, 5.74) is 32.2. The molecule has 0 radical (unpaired) electrons. The van der Waals surface area contributed by atoms with Crippen molar-refractivity contribution in [3.63, 3.8) is 0 Å². The van der Waals surface area contributed by atoms with Gasteiger partial charge in [0.2, 0.25) is 29.5 Å². The Hall–Kier alpha value is -9.73. The zero-order chi connectivity index (χ0) is 94.5. The SMILES string of the molecule is CSCC(=O)NC1CCOC1=O.CSCCC(N)C(=O)NCc1ccc(C)cc1.CSCCC(NC(=O)CSC)C(=O)NCc1ccc(C)cc1.CSCCC(NC(=O)OCC1c2ccccc2-c2ccccc21)C(=O)NCc1ccc(C)cc1.CSCCC(NC(=O)OCC1c2ccccc2-c2ccccc21)C(=O)O.Cc1ccc(CN)cc1.Cc1ccc(CNBr)cc1. The van der Waals surface area contributed by atoms with Gasteiger partial charge in [0.05, 0.1) is 24.2 Å². The summed E-state index contributed by atoms with van der Waals surface area (Å²) in [5, 5.41) is 28.5. The van der Waals surface area contributed by atoms with Gasteiger partial charge >= 0.3 is 24.1 Å². The lowest BCUT2D eigenvalue weighted by Crippen LogP contribution is -2.47. The maximum atomic E-state index is 12.8. The number of fused-ring (bicyclic) bond motifs is 6. The molecule has 9 aromatic rings. The summed E-state index contributed by atoms with van der Waals surface area (Å²) < 4.78 is 18.6. The summed E-state index contributed by atoms with van der Waals surface area (Å²) in [4.78, 5) is 106. The van der Waals surface area contributed by atoms with Crippen LogP contribution in [0.2, 0.25) is 0 Å². The van der Waals surface area contributed by atoms with Gasteiger partial charge in [0, 0.05) is 67.1 Å². The first-order valence-electron chi connectivity index (χ1n) is 42.8. The first-order valence-corrected chi connectivity index (χ1v) is 52.0. The molecule has 3 aliphatic rings. The smallest absolute Gasteiger partial charge is 0.407 e. The number of rotatable bonds is 37. The first-order chi connectivity index (χ1) is 62.8. The van der Waals surface area contributed by atoms with E-state index in [1.54, 1.807) is 35.3 Å². The van der Waals surface area contributed by atoms with Crippen LogP contribution < -0.4 is 53.0 Å². The standard InChI is InChI=1S/C28H30N2O3S.C20H21NO4S.C16H24N2O2S2.C13H20N2OS.C8H10BrN.C8H11N.C7H11NO3S/c1-19-11-13-20(14-12-19)17-29-27(31)26(15-16-34-2)30-28(32)33-18-25-23-9-5-3-7-21(23)22-8-4-6-10-24(22)25;1-26-11-10-18(19(22)23)21-20(24)25-12-17-15-8-4-2-6-13(15)14-7-3-5-9-16(14)17;1-12-4-6-13(7-5-12)10-17-16(20)14(8-9-21-2)18-15(19)11-22-3;1-10-3-5-11(6-4-10)9-15-13(16)12(14)7-8-17-2;1-7-2-4-8(5-3-7)6-10-9;1-7-2-4-8(6-9)5-3-7;1-12-4-6(9)8-5-2-3-11-7(5)10/h3-14,25-26H,15-18H2,1-2H3,(H,29,31)(H,30,32);2-9,17-18H,10-12H2,1H3,(H,21,24)(H,22,23);4-7,14H,8-11H2,1-3H3,(H,17,20)(H,18,19);3-6,12H,7-9,14H2,1-2H3,(H,15,16);2-5,10H,6H2,1H3;2-5H,6,9H2,1H3;5H,2-4H2,1H3,(H,8,9). The normalized spacial score (nSPS) is 13.2. The van der Waals surface area contributed by atoms with Crippen molar-refractivity contribution in [1.82, 2.24) is 41.6 Å². The minimum Gasteiger partial charge on any atom is -0.480 e. The van der Waals surface area contributed by atoms with Crippen LogP contribution in [0.5, 0.6) is 0 Å². The van der Waals surface area contributed by atoms with Gasteiger partial charge in [-0.2, -0.15) is 70.6 Å². The number of carboxylic acids is 1. The number of carbonyl (C=O) groups is 9. The maximum absolute atomic E-state index is 12.8. The second-order valence-corrected chi connectivity index (χ2v) is 37.0. The summed E-state index contributed by atoms with van der Waals surface area (Å²) in [5.74, 6) is 1.92. The van der Waals surface area contributed by atoms with Crippen molar-refractivity contribution in [1.29, 1.82) is 0 Å². The Balaban J connectivity index is 0.000000245. The number of halogens is 1. The van der Waals surface area contributed by atoms with Crippen molar-refractivity contribution in [3.8, 4) is 22.3 Å². The Kier molecular flexibility index (Phi) is 51.8. The number of carboxylic acid groups (broad SMARTS) is 1. The number of hydrogen-bond donors (Lipinski definition) is 11. The van der Waals surface area contributed by atoms with Crippen LogP contribution in [-0.2, 0) is 80.5 Å². The molecule has 0 bridgehead atoms. The lowest BCUT2D eigenvalue weighted by molar-refractivity contribution is -0.141. The van der Waals surface area contributed by atoms with E-state index in [0.717, 1.165) is 80.3 Å². The van der Waals surface area contributed by atoms with Gasteiger partial charge in [0.25, 0.3) is 0 Å². The quantitative estimate of drug-likeness (QED) is 0.00979. The largest absolute Gasteiger partial charge is 0.480 e. The van der Waals surface area contributed by atoms with Crippen molar-refractivity contribution in [2.24, 2.45) is 11.5 Å². The van der Waals surface area contributed by atoms with Crippen LogP contribution in [0, 0.1) is 34.6 Å². The van der Waals surface area contributed by atoms with E-state index in [4.69, 9.17) is 20.9 Å². The number of esters is 1. The average molecular weight is 1950 g/mol. The van der Waals surface area contributed by atoms with Crippen LogP contribution >= 0.6 is 86.7 Å². The number of hydrogen-bond acceptors (Lipinski definition) is 21. The number of ether oxygens (including phenoxy) is 3. The van der Waals surface area contributed by atoms with Gasteiger partial charge in [0.15, 0.2) is 0 Å². The molecule has 0 saturated carbocycles. The highest BCUT2D eigenvalue weighted by Gasteiger charge is 2.33. The topological polar surface area (TPSA) is 350 Å². The number of carbonyl (C=O) groups excluding carboxylic acids is 8. The summed E-state index contributed by atoms with van der Waals surface area (Å²) in [6.45, 7) is 14.0. The summed E-state index contributed by atoms with van der Waals surface area (Å²) in [6, 6.07) is 70.6. The Morgan fingerprint density at radius 3 is 1.06 bits per heavy atom. The van der Waals surface area contributed by atoms with E-state index in [-0.39, 0.29) is 60.6 Å². The molecule has 12 rings (SSSR count). The number of nitrogens with two attached hydrogens (primary N) is 2. The molecule has 0 spiro atoms. The second kappa shape index (κ2) is 61.8. The van der Waals surface area contributed by atoms with Gasteiger partial charge in [-0.1, -0.05) is 246 Å². The van der Waals surface area contributed by atoms with Gasteiger partial charge in [-0.3, -0.25) is 28.3 Å². The Morgan fingerprint density at radius 1 is 0.415 bits per heavy atom. The van der Waals surface area contributed by atoms with Crippen LogP contribution in [-0.4, -0.2) is 181 Å². The molecule has 23 nitrogen and oxygen atoms in total.